The summed E-state index contributed by atoms with van der Waals surface area (Å²) in [6.07, 6.45) is 1.57. The van der Waals surface area contributed by atoms with Gasteiger partial charge in [0, 0.05) is 5.39 Å². The SMILES string of the molecule is C=C1SC(=O)N(c2ccc3occc3c2)C1=O. The first-order valence-electron chi connectivity index (χ1n) is 4.89. The second-order valence-corrected chi connectivity index (χ2v) is 4.62. The maximum atomic E-state index is 11.8. The summed E-state index contributed by atoms with van der Waals surface area (Å²) >= 11 is 0.858. The molecule has 2 heterocycles. The number of hydrogen-bond acceptors (Lipinski definition) is 4. The number of amides is 2. The van der Waals surface area contributed by atoms with E-state index in [-0.39, 0.29) is 16.1 Å². The zero-order valence-corrected chi connectivity index (χ0v) is 9.49. The quantitative estimate of drug-likeness (QED) is 0.724. The highest BCUT2D eigenvalue weighted by Gasteiger charge is 2.35. The van der Waals surface area contributed by atoms with Gasteiger partial charge in [0.15, 0.2) is 0 Å². The molecule has 0 radical (unpaired) electrons. The molecule has 1 aliphatic heterocycles. The summed E-state index contributed by atoms with van der Waals surface area (Å²) in [7, 11) is 0. The highest BCUT2D eigenvalue weighted by atomic mass is 32.2. The van der Waals surface area contributed by atoms with Crippen LogP contribution in [0.5, 0.6) is 0 Å². The average Bonchev–Trinajstić information content (AvgIpc) is 2.84. The van der Waals surface area contributed by atoms with Crippen molar-refractivity contribution >= 4 is 39.6 Å². The molecule has 0 atom stereocenters. The summed E-state index contributed by atoms with van der Waals surface area (Å²) in [6.45, 7) is 3.55. The third-order valence-electron chi connectivity index (χ3n) is 2.53. The molecular weight excluding hydrogens is 238 g/mol. The molecule has 2 aromatic rings. The monoisotopic (exact) mass is 245 g/mol. The zero-order valence-electron chi connectivity index (χ0n) is 8.67. The Morgan fingerprint density at radius 2 is 2.06 bits per heavy atom. The van der Waals surface area contributed by atoms with Crippen LogP contribution in [0.4, 0.5) is 10.5 Å². The number of rotatable bonds is 1. The Kier molecular flexibility index (Phi) is 2.09. The van der Waals surface area contributed by atoms with E-state index in [0.717, 1.165) is 27.6 Å². The standard InChI is InChI=1S/C12H7NO3S/c1-7-11(14)13(12(15)17-7)9-2-3-10-8(6-9)4-5-16-10/h2-6H,1H2. The fourth-order valence-corrected chi connectivity index (χ4v) is 2.39. The van der Waals surface area contributed by atoms with Crippen LogP contribution in [0.3, 0.4) is 0 Å². The van der Waals surface area contributed by atoms with E-state index < -0.39 is 0 Å². The normalized spacial score (nSPS) is 16.2. The molecule has 1 saturated heterocycles. The van der Waals surface area contributed by atoms with Gasteiger partial charge in [0.2, 0.25) is 0 Å². The number of carbonyl (C=O) groups excluding carboxylic acids is 2. The van der Waals surface area contributed by atoms with Crippen molar-refractivity contribution in [1.82, 2.24) is 0 Å². The van der Waals surface area contributed by atoms with Gasteiger partial charge >= 0.3 is 0 Å². The van der Waals surface area contributed by atoms with E-state index in [9.17, 15) is 9.59 Å². The summed E-state index contributed by atoms with van der Waals surface area (Å²) < 4.78 is 5.20. The van der Waals surface area contributed by atoms with E-state index in [1.165, 1.54) is 0 Å². The molecule has 1 aromatic carbocycles. The first-order chi connectivity index (χ1) is 8.16. The van der Waals surface area contributed by atoms with Crippen molar-refractivity contribution < 1.29 is 14.0 Å². The molecule has 3 rings (SSSR count). The van der Waals surface area contributed by atoms with E-state index in [0.29, 0.717) is 5.69 Å². The van der Waals surface area contributed by atoms with Crippen LogP contribution in [0.1, 0.15) is 0 Å². The van der Waals surface area contributed by atoms with Crippen molar-refractivity contribution in [1.29, 1.82) is 0 Å². The number of imide groups is 1. The predicted octanol–water partition coefficient (Wildman–Crippen LogP) is 3.15. The van der Waals surface area contributed by atoms with Gasteiger partial charge in [-0.3, -0.25) is 9.59 Å². The fourth-order valence-electron chi connectivity index (χ4n) is 1.72. The number of thioether (sulfide) groups is 1. The van der Waals surface area contributed by atoms with Gasteiger partial charge in [0.25, 0.3) is 11.1 Å². The molecule has 5 heteroatoms. The van der Waals surface area contributed by atoms with Crippen molar-refractivity contribution in [3.8, 4) is 0 Å². The summed E-state index contributed by atoms with van der Waals surface area (Å²) in [5.41, 5.74) is 1.26. The molecule has 1 aromatic heterocycles. The van der Waals surface area contributed by atoms with Crippen LogP contribution < -0.4 is 4.90 Å². The van der Waals surface area contributed by atoms with Crippen molar-refractivity contribution in [2.75, 3.05) is 4.90 Å². The van der Waals surface area contributed by atoms with Gasteiger partial charge in [-0.05, 0) is 36.0 Å². The Morgan fingerprint density at radius 1 is 1.24 bits per heavy atom. The zero-order chi connectivity index (χ0) is 12.0. The fraction of sp³-hybridized carbons (Fsp3) is 0. The number of fused-ring (bicyclic) bond motifs is 1. The molecule has 0 saturated carbocycles. The summed E-state index contributed by atoms with van der Waals surface area (Å²) in [5, 5.41) is 0.536. The molecule has 84 valence electrons. The average molecular weight is 245 g/mol. The summed E-state index contributed by atoms with van der Waals surface area (Å²) in [5.74, 6) is -0.358. The molecule has 4 nitrogen and oxygen atoms in total. The van der Waals surface area contributed by atoms with Gasteiger partial charge in [-0.1, -0.05) is 6.58 Å². The first kappa shape index (κ1) is 10.2. The van der Waals surface area contributed by atoms with E-state index in [2.05, 4.69) is 6.58 Å². The van der Waals surface area contributed by atoms with Crippen LogP contribution in [-0.4, -0.2) is 11.1 Å². The third-order valence-corrected chi connectivity index (χ3v) is 3.31. The van der Waals surface area contributed by atoms with Crippen LogP contribution >= 0.6 is 11.8 Å². The number of furan rings is 1. The third kappa shape index (κ3) is 1.47. The van der Waals surface area contributed by atoms with Gasteiger partial charge in [0.05, 0.1) is 16.9 Å². The van der Waals surface area contributed by atoms with Crippen molar-refractivity contribution in [2.24, 2.45) is 0 Å². The molecule has 1 aliphatic rings. The molecule has 1 fully saturated rings. The number of hydrogen-bond donors (Lipinski definition) is 0. The minimum Gasteiger partial charge on any atom is -0.464 e. The minimum absolute atomic E-state index is 0.252. The van der Waals surface area contributed by atoms with E-state index >= 15 is 0 Å². The molecule has 0 bridgehead atoms. The van der Waals surface area contributed by atoms with E-state index in [1.807, 2.05) is 0 Å². The van der Waals surface area contributed by atoms with Crippen molar-refractivity contribution in [3.63, 3.8) is 0 Å². The van der Waals surface area contributed by atoms with Gasteiger partial charge in [0.1, 0.15) is 5.58 Å². The lowest BCUT2D eigenvalue weighted by molar-refractivity contribution is -0.113. The number of benzene rings is 1. The van der Waals surface area contributed by atoms with E-state index in [1.54, 1.807) is 30.5 Å². The van der Waals surface area contributed by atoms with Gasteiger partial charge in [-0.15, -0.1) is 0 Å². The molecule has 2 amide bonds. The molecule has 0 aliphatic carbocycles. The Balaban J connectivity index is 2.11. The Morgan fingerprint density at radius 3 is 2.76 bits per heavy atom. The lowest BCUT2D eigenvalue weighted by Crippen LogP contribution is -2.27. The van der Waals surface area contributed by atoms with E-state index in [4.69, 9.17) is 4.42 Å². The van der Waals surface area contributed by atoms with Gasteiger partial charge in [-0.2, -0.15) is 0 Å². The maximum absolute atomic E-state index is 11.8. The second-order valence-electron chi connectivity index (χ2n) is 3.57. The highest BCUT2D eigenvalue weighted by molar-refractivity contribution is 8.18. The summed E-state index contributed by atoms with van der Waals surface area (Å²) in [4.78, 5) is 24.8. The van der Waals surface area contributed by atoms with Gasteiger partial charge < -0.3 is 4.42 Å². The second kappa shape index (κ2) is 3.49. The van der Waals surface area contributed by atoms with Crippen LogP contribution in [0.25, 0.3) is 11.0 Å². The maximum Gasteiger partial charge on any atom is 0.298 e. The Hall–Kier alpha value is -2.01. The lowest BCUT2D eigenvalue weighted by atomic mass is 10.2. The molecule has 0 N–H and O–H groups in total. The minimum atomic E-state index is -0.358. The number of carbonyl (C=O) groups is 2. The lowest BCUT2D eigenvalue weighted by Gasteiger charge is -2.11. The van der Waals surface area contributed by atoms with Gasteiger partial charge in [-0.25, -0.2) is 4.90 Å². The largest absolute Gasteiger partial charge is 0.464 e. The van der Waals surface area contributed by atoms with Crippen molar-refractivity contribution in [2.45, 2.75) is 0 Å². The van der Waals surface area contributed by atoms with Crippen LogP contribution in [-0.2, 0) is 4.79 Å². The molecule has 17 heavy (non-hydrogen) atoms. The molecule has 0 unspecified atom stereocenters. The van der Waals surface area contributed by atoms with Crippen LogP contribution in [0.15, 0.2) is 46.4 Å². The Bertz CT molecular complexity index is 659. The summed E-state index contributed by atoms with van der Waals surface area (Å²) in [6, 6.07) is 6.94. The van der Waals surface area contributed by atoms with Crippen LogP contribution in [0, 0.1) is 0 Å². The van der Waals surface area contributed by atoms with Crippen LogP contribution in [0.2, 0.25) is 0 Å². The number of nitrogens with zero attached hydrogens (tertiary/aromatic N) is 1. The topological polar surface area (TPSA) is 50.5 Å². The molecule has 0 spiro atoms. The number of anilines is 1. The van der Waals surface area contributed by atoms with Crippen molar-refractivity contribution in [3.05, 3.63) is 42.0 Å². The smallest absolute Gasteiger partial charge is 0.298 e. The Labute approximate surface area is 101 Å². The highest BCUT2D eigenvalue weighted by Crippen LogP contribution is 2.34. The molecular formula is C12H7NO3S. The predicted molar refractivity (Wildman–Crippen MR) is 65.8 cm³/mol. The first-order valence-corrected chi connectivity index (χ1v) is 5.71.